The highest BCUT2D eigenvalue weighted by molar-refractivity contribution is 5.84. The Balaban J connectivity index is 2.25. The van der Waals surface area contributed by atoms with Gasteiger partial charge in [0.25, 0.3) is 0 Å². The standard InChI is InChI=1S/C17H16N4O2/c1-22-15-9-13-14(10-16(15)23-2)21(8-4-6-18)17(20-13)12-5-3-7-19-11-12/h3,5,7,9-11H,4,8H2,1-2H3. The second kappa shape index (κ2) is 6.36. The molecule has 3 aromatic rings. The van der Waals surface area contributed by atoms with Gasteiger partial charge < -0.3 is 14.0 Å². The van der Waals surface area contributed by atoms with Gasteiger partial charge >= 0.3 is 0 Å². The van der Waals surface area contributed by atoms with Crippen LogP contribution in [0.1, 0.15) is 6.42 Å². The van der Waals surface area contributed by atoms with E-state index in [2.05, 4.69) is 11.1 Å². The summed E-state index contributed by atoms with van der Waals surface area (Å²) in [7, 11) is 3.19. The fourth-order valence-corrected chi connectivity index (χ4v) is 2.56. The molecular formula is C17H16N4O2. The molecule has 0 aliphatic carbocycles. The Morgan fingerprint density at radius 1 is 1.22 bits per heavy atom. The molecular weight excluding hydrogens is 292 g/mol. The molecule has 2 heterocycles. The van der Waals surface area contributed by atoms with Gasteiger partial charge in [0, 0.05) is 36.6 Å². The third-order valence-corrected chi connectivity index (χ3v) is 3.62. The number of aryl methyl sites for hydroxylation is 1. The van der Waals surface area contributed by atoms with Gasteiger partial charge in [0.15, 0.2) is 11.5 Å². The molecule has 0 amide bonds. The van der Waals surface area contributed by atoms with Crippen LogP contribution in [0.2, 0.25) is 0 Å². The molecule has 0 N–H and O–H groups in total. The molecule has 0 fully saturated rings. The molecule has 1 aromatic carbocycles. The number of rotatable bonds is 5. The third-order valence-electron chi connectivity index (χ3n) is 3.62. The van der Waals surface area contributed by atoms with Gasteiger partial charge in [0.05, 0.1) is 37.7 Å². The quantitative estimate of drug-likeness (QED) is 0.724. The van der Waals surface area contributed by atoms with Crippen LogP contribution in [-0.4, -0.2) is 28.8 Å². The molecule has 0 unspecified atom stereocenters. The fourth-order valence-electron chi connectivity index (χ4n) is 2.56. The SMILES string of the molecule is COc1cc2nc(-c3cccnc3)n(CCC#N)c2cc1OC. The normalized spacial score (nSPS) is 10.5. The van der Waals surface area contributed by atoms with Crippen LogP contribution >= 0.6 is 0 Å². The summed E-state index contributed by atoms with van der Waals surface area (Å²) < 4.78 is 12.7. The van der Waals surface area contributed by atoms with Crippen molar-refractivity contribution in [3.8, 4) is 29.0 Å². The number of aromatic nitrogens is 3. The molecule has 23 heavy (non-hydrogen) atoms. The molecule has 2 aromatic heterocycles. The number of pyridine rings is 1. The lowest BCUT2D eigenvalue weighted by Crippen LogP contribution is -2.00. The highest BCUT2D eigenvalue weighted by atomic mass is 16.5. The average molecular weight is 308 g/mol. The number of hydrogen-bond acceptors (Lipinski definition) is 5. The van der Waals surface area contributed by atoms with Crippen molar-refractivity contribution in [3.05, 3.63) is 36.7 Å². The number of nitriles is 1. The maximum Gasteiger partial charge on any atom is 0.163 e. The molecule has 0 saturated carbocycles. The summed E-state index contributed by atoms with van der Waals surface area (Å²) in [5.74, 6) is 2.04. The lowest BCUT2D eigenvalue weighted by molar-refractivity contribution is 0.355. The van der Waals surface area contributed by atoms with E-state index in [1.54, 1.807) is 26.6 Å². The monoisotopic (exact) mass is 308 g/mol. The maximum atomic E-state index is 8.94. The molecule has 6 nitrogen and oxygen atoms in total. The summed E-state index contributed by atoms with van der Waals surface area (Å²) in [5.41, 5.74) is 2.59. The average Bonchev–Trinajstić information content (AvgIpc) is 2.96. The minimum absolute atomic E-state index is 0.396. The van der Waals surface area contributed by atoms with Crippen LogP contribution < -0.4 is 9.47 Å². The third kappa shape index (κ3) is 2.69. The van der Waals surface area contributed by atoms with Crippen molar-refractivity contribution in [2.24, 2.45) is 0 Å². The van der Waals surface area contributed by atoms with E-state index in [9.17, 15) is 0 Å². The molecule has 3 rings (SSSR count). The number of fused-ring (bicyclic) bond motifs is 1. The van der Waals surface area contributed by atoms with Gasteiger partial charge in [-0.05, 0) is 12.1 Å². The van der Waals surface area contributed by atoms with Crippen LogP contribution in [0, 0.1) is 11.3 Å². The number of hydrogen-bond donors (Lipinski definition) is 0. The lowest BCUT2D eigenvalue weighted by atomic mass is 10.2. The van der Waals surface area contributed by atoms with E-state index in [0.717, 1.165) is 22.4 Å². The zero-order valence-electron chi connectivity index (χ0n) is 13.0. The molecule has 0 aliphatic heterocycles. The second-order valence-electron chi connectivity index (χ2n) is 4.93. The summed E-state index contributed by atoms with van der Waals surface area (Å²) in [6, 6.07) is 9.73. The Bertz CT molecular complexity index is 866. The first-order valence-electron chi connectivity index (χ1n) is 7.18. The highest BCUT2D eigenvalue weighted by Gasteiger charge is 2.16. The topological polar surface area (TPSA) is 73.0 Å². The van der Waals surface area contributed by atoms with Crippen LogP contribution in [0.15, 0.2) is 36.7 Å². The molecule has 0 aliphatic rings. The van der Waals surface area contributed by atoms with Crippen molar-refractivity contribution in [2.45, 2.75) is 13.0 Å². The summed E-state index contributed by atoms with van der Waals surface area (Å²) >= 11 is 0. The van der Waals surface area contributed by atoms with Crippen LogP contribution in [0.3, 0.4) is 0 Å². The lowest BCUT2D eigenvalue weighted by Gasteiger charge is -2.09. The van der Waals surface area contributed by atoms with Gasteiger partial charge in [0.1, 0.15) is 5.82 Å². The predicted octanol–water partition coefficient (Wildman–Crippen LogP) is 3.03. The van der Waals surface area contributed by atoms with E-state index < -0.39 is 0 Å². The van der Waals surface area contributed by atoms with Crippen LogP contribution in [0.5, 0.6) is 11.5 Å². The van der Waals surface area contributed by atoms with Crippen molar-refractivity contribution >= 4 is 11.0 Å². The van der Waals surface area contributed by atoms with E-state index in [1.165, 1.54) is 0 Å². The van der Waals surface area contributed by atoms with Gasteiger partial charge in [-0.1, -0.05) is 0 Å². The minimum atomic E-state index is 0.396. The number of ether oxygens (including phenoxy) is 2. The van der Waals surface area contributed by atoms with Crippen LogP contribution in [0.4, 0.5) is 0 Å². The van der Waals surface area contributed by atoms with Crippen molar-refractivity contribution in [2.75, 3.05) is 14.2 Å². The second-order valence-corrected chi connectivity index (χ2v) is 4.93. The Hall–Kier alpha value is -3.07. The predicted molar refractivity (Wildman–Crippen MR) is 86.3 cm³/mol. The Morgan fingerprint density at radius 2 is 2.00 bits per heavy atom. The van der Waals surface area contributed by atoms with Crippen molar-refractivity contribution < 1.29 is 9.47 Å². The first kappa shape index (κ1) is 14.9. The summed E-state index contributed by atoms with van der Waals surface area (Å²) in [6.07, 6.45) is 3.88. The van der Waals surface area contributed by atoms with Crippen LogP contribution in [0.25, 0.3) is 22.4 Å². The van der Waals surface area contributed by atoms with E-state index in [0.29, 0.717) is 24.5 Å². The Morgan fingerprint density at radius 3 is 2.65 bits per heavy atom. The molecule has 0 radical (unpaired) electrons. The molecule has 0 atom stereocenters. The number of methoxy groups -OCH3 is 2. The molecule has 6 heteroatoms. The zero-order valence-corrected chi connectivity index (χ0v) is 13.0. The Kier molecular flexibility index (Phi) is 4.11. The highest BCUT2D eigenvalue weighted by Crippen LogP contribution is 2.34. The summed E-state index contributed by atoms with van der Waals surface area (Å²) in [6.45, 7) is 0.548. The summed E-state index contributed by atoms with van der Waals surface area (Å²) in [5, 5.41) is 8.94. The Labute approximate surface area is 133 Å². The van der Waals surface area contributed by atoms with Gasteiger partial charge in [-0.3, -0.25) is 4.98 Å². The van der Waals surface area contributed by atoms with Crippen LogP contribution in [-0.2, 0) is 6.54 Å². The van der Waals surface area contributed by atoms with E-state index >= 15 is 0 Å². The van der Waals surface area contributed by atoms with Gasteiger partial charge in [-0.25, -0.2) is 4.98 Å². The molecule has 0 spiro atoms. The first-order chi connectivity index (χ1) is 11.3. The van der Waals surface area contributed by atoms with E-state index in [4.69, 9.17) is 19.7 Å². The smallest absolute Gasteiger partial charge is 0.163 e. The van der Waals surface area contributed by atoms with Crippen molar-refractivity contribution in [3.63, 3.8) is 0 Å². The molecule has 116 valence electrons. The van der Waals surface area contributed by atoms with Crippen molar-refractivity contribution in [1.82, 2.24) is 14.5 Å². The number of nitrogens with zero attached hydrogens (tertiary/aromatic N) is 4. The van der Waals surface area contributed by atoms with Gasteiger partial charge in [-0.15, -0.1) is 0 Å². The zero-order chi connectivity index (χ0) is 16.2. The number of benzene rings is 1. The van der Waals surface area contributed by atoms with Crippen molar-refractivity contribution in [1.29, 1.82) is 5.26 Å². The van der Waals surface area contributed by atoms with Gasteiger partial charge in [-0.2, -0.15) is 5.26 Å². The largest absolute Gasteiger partial charge is 0.493 e. The molecule has 0 bridgehead atoms. The summed E-state index contributed by atoms with van der Waals surface area (Å²) in [4.78, 5) is 8.85. The molecule has 0 saturated heterocycles. The van der Waals surface area contributed by atoms with Gasteiger partial charge in [0.2, 0.25) is 0 Å². The number of imidazole rings is 1. The van der Waals surface area contributed by atoms with E-state index in [1.807, 2.05) is 28.8 Å². The van der Waals surface area contributed by atoms with E-state index in [-0.39, 0.29) is 0 Å². The first-order valence-corrected chi connectivity index (χ1v) is 7.18. The maximum absolute atomic E-state index is 8.94. The fraction of sp³-hybridized carbons (Fsp3) is 0.235. The minimum Gasteiger partial charge on any atom is -0.493 e.